The number of anilines is 1. The van der Waals surface area contributed by atoms with Crippen molar-refractivity contribution < 1.29 is 4.43 Å². The predicted octanol–water partition coefficient (Wildman–Crippen LogP) is 6.68. The second kappa shape index (κ2) is 9.01. The van der Waals surface area contributed by atoms with Gasteiger partial charge in [0.05, 0.1) is 17.3 Å². The van der Waals surface area contributed by atoms with Crippen molar-refractivity contribution in [3.63, 3.8) is 0 Å². The van der Waals surface area contributed by atoms with E-state index in [9.17, 15) is 0 Å². The van der Waals surface area contributed by atoms with E-state index in [2.05, 4.69) is 83.4 Å². The molecule has 156 valence electrons. The molecule has 2 rings (SSSR count). The number of benzene rings is 1. The molecule has 1 aromatic carbocycles. The van der Waals surface area contributed by atoms with Crippen LogP contribution in [-0.4, -0.2) is 30.7 Å². The lowest BCUT2D eigenvalue weighted by molar-refractivity contribution is 0.211. The Morgan fingerprint density at radius 3 is 2.46 bits per heavy atom. The van der Waals surface area contributed by atoms with Crippen molar-refractivity contribution in [2.24, 2.45) is 5.92 Å². The van der Waals surface area contributed by atoms with E-state index in [0.29, 0.717) is 5.92 Å². The molecule has 0 radical (unpaired) electrons. The fraction of sp³-hybridized carbons (Fsp3) is 0.591. The summed E-state index contributed by atoms with van der Waals surface area (Å²) in [5.74, 6) is 0.560. The standard InChI is InChI=1S/C22H36ClN3OSi/c1-16(2)14-26-15-18(13-25-26)20-10-9-19(11-21(20)23)24-12-17(3)27-28(7,8)22(4,5)6/h9-11,13,15-17,24H,12,14H2,1-8H3. The van der Waals surface area contributed by atoms with Crippen LogP contribution in [0.15, 0.2) is 30.6 Å². The molecule has 28 heavy (non-hydrogen) atoms. The van der Waals surface area contributed by atoms with E-state index in [1.807, 2.05) is 16.9 Å². The maximum atomic E-state index is 6.56. The largest absolute Gasteiger partial charge is 0.412 e. The highest BCUT2D eigenvalue weighted by Gasteiger charge is 2.38. The summed E-state index contributed by atoms with van der Waals surface area (Å²) in [4.78, 5) is 0. The summed E-state index contributed by atoms with van der Waals surface area (Å²) in [5, 5.41) is 8.84. The zero-order chi connectivity index (χ0) is 21.1. The molecular formula is C22H36ClN3OSi. The fourth-order valence-electron chi connectivity index (χ4n) is 2.82. The monoisotopic (exact) mass is 421 g/mol. The minimum atomic E-state index is -1.76. The van der Waals surface area contributed by atoms with Crippen molar-refractivity contribution in [3.8, 4) is 11.1 Å². The van der Waals surface area contributed by atoms with Gasteiger partial charge in [0.2, 0.25) is 0 Å². The Morgan fingerprint density at radius 1 is 1.21 bits per heavy atom. The maximum Gasteiger partial charge on any atom is 0.192 e. The van der Waals surface area contributed by atoms with E-state index in [0.717, 1.165) is 34.9 Å². The van der Waals surface area contributed by atoms with Gasteiger partial charge in [-0.3, -0.25) is 4.68 Å². The second-order valence-corrected chi connectivity index (χ2v) is 14.8. The molecule has 6 heteroatoms. The van der Waals surface area contributed by atoms with Gasteiger partial charge in [0, 0.05) is 36.1 Å². The number of halogens is 1. The third-order valence-corrected chi connectivity index (χ3v) is 10.3. The van der Waals surface area contributed by atoms with E-state index in [1.54, 1.807) is 0 Å². The molecule has 0 saturated carbocycles. The summed E-state index contributed by atoms with van der Waals surface area (Å²) in [6, 6.07) is 6.11. The molecule has 0 bridgehead atoms. The van der Waals surface area contributed by atoms with Gasteiger partial charge in [0.1, 0.15) is 0 Å². The van der Waals surface area contributed by atoms with Gasteiger partial charge in [-0.05, 0) is 43.1 Å². The Morgan fingerprint density at radius 2 is 1.89 bits per heavy atom. The average Bonchev–Trinajstić information content (AvgIpc) is 2.99. The van der Waals surface area contributed by atoms with Crippen molar-refractivity contribution in [1.82, 2.24) is 9.78 Å². The van der Waals surface area contributed by atoms with Gasteiger partial charge >= 0.3 is 0 Å². The third kappa shape index (κ3) is 6.10. The minimum absolute atomic E-state index is 0.147. The smallest absolute Gasteiger partial charge is 0.192 e. The lowest BCUT2D eigenvalue weighted by atomic mass is 10.1. The van der Waals surface area contributed by atoms with Crippen LogP contribution < -0.4 is 5.32 Å². The topological polar surface area (TPSA) is 39.1 Å². The molecule has 0 spiro atoms. The summed E-state index contributed by atoms with van der Waals surface area (Å²) in [6.45, 7) is 19.5. The molecule has 4 nitrogen and oxygen atoms in total. The summed E-state index contributed by atoms with van der Waals surface area (Å²) in [6.07, 6.45) is 4.09. The van der Waals surface area contributed by atoms with E-state index in [-0.39, 0.29) is 11.1 Å². The zero-order valence-corrected chi connectivity index (χ0v) is 20.4. The van der Waals surface area contributed by atoms with Crippen LogP contribution in [0.5, 0.6) is 0 Å². The molecule has 0 fully saturated rings. The van der Waals surface area contributed by atoms with Crippen molar-refractivity contribution in [2.45, 2.75) is 72.3 Å². The highest BCUT2D eigenvalue weighted by Crippen LogP contribution is 2.37. The van der Waals surface area contributed by atoms with E-state index in [4.69, 9.17) is 16.0 Å². The van der Waals surface area contributed by atoms with Gasteiger partial charge < -0.3 is 9.74 Å². The molecule has 0 aliphatic heterocycles. The molecule has 1 aromatic heterocycles. The van der Waals surface area contributed by atoms with Gasteiger partial charge in [-0.25, -0.2) is 0 Å². The van der Waals surface area contributed by atoms with Crippen LogP contribution in [0.2, 0.25) is 23.2 Å². The normalized spacial score (nSPS) is 13.8. The number of rotatable bonds is 8. The van der Waals surface area contributed by atoms with Crippen LogP contribution in [0.3, 0.4) is 0 Å². The average molecular weight is 422 g/mol. The second-order valence-electron chi connectivity index (χ2n) is 9.61. The van der Waals surface area contributed by atoms with Crippen LogP contribution in [0.25, 0.3) is 11.1 Å². The first-order valence-electron chi connectivity index (χ1n) is 10.1. The third-order valence-electron chi connectivity index (χ3n) is 5.36. The van der Waals surface area contributed by atoms with E-state index in [1.165, 1.54) is 0 Å². The van der Waals surface area contributed by atoms with Crippen LogP contribution >= 0.6 is 11.6 Å². The maximum absolute atomic E-state index is 6.56. The molecule has 0 aliphatic carbocycles. The lowest BCUT2D eigenvalue weighted by Gasteiger charge is -2.38. The Labute approximate surface area is 176 Å². The lowest BCUT2D eigenvalue weighted by Crippen LogP contribution is -2.44. The van der Waals surface area contributed by atoms with Gasteiger partial charge in [-0.2, -0.15) is 5.10 Å². The number of hydrogen-bond donors (Lipinski definition) is 1. The molecule has 0 amide bonds. The first-order chi connectivity index (χ1) is 12.9. The van der Waals surface area contributed by atoms with E-state index < -0.39 is 8.32 Å². The first-order valence-corrected chi connectivity index (χ1v) is 13.4. The van der Waals surface area contributed by atoms with Gasteiger partial charge in [-0.1, -0.05) is 52.3 Å². The molecule has 0 saturated heterocycles. The highest BCUT2D eigenvalue weighted by atomic mass is 35.5. The summed E-state index contributed by atoms with van der Waals surface area (Å²) < 4.78 is 8.39. The number of aromatic nitrogens is 2. The fourth-order valence-corrected chi connectivity index (χ4v) is 4.55. The summed E-state index contributed by atoms with van der Waals surface area (Å²) >= 11 is 6.56. The van der Waals surface area contributed by atoms with Crippen LogP contribution in [0, 0.1) is 5.92 Å². The highest BCUT2D eigenvalue weighted by molar-refractivity contribution is 6.74. The molecule has 1 heterocycles. The first kappa shape index (κ1) is 23.0. The van der Waals surface area contributed by atoms with Crippen LogP contribution in [0.4, 0.5) is 5.69 Å². The van der Waals surface area contributed by atoms with Gasteiger partial charge in [0.25, 0.3) is 0 Å². The molecule has 1 N–H and O–H groups in total. The SMILES string of the molecule is CC(C)Cn1cc(-c2ccc(NCC(C)O[Si](C)(C)C(C)(C)C)cc2Cl)cn1. The Hall–Kier alpha value is -1.30. The van der Waals surface area contributed by atoms with Crippen LogP contribution in [-0.2, 0) is 11.0 Å². The number of nitrogens with zero attached hydrogens (tertiary/aromatic N) is 2. The van der Waals surface area contributed by atoms with Crippen molar-refractivity contribution in [1.29, 1.82) is 0 Å². The van der Waals surface area contributed by atoms with Crippen molar-refractivity contribution in [3.05, 3.63) is 35.6 Å². The summed E-state index contributed by atoms with van der Waals surface area (Å²) in [7, 11) is -1.76. The minimum Gasteiger partial charge on any atom is -0.412 e. The number of hydrogen-bond acceptors (Lipinski definition) is 3. The molecule has 1 atom stereocenters. The Balaban J connectivity index is 2.00. The van der Waals surface area contributed by atoms with Gasteiger partial charge in [-0.15, -0.1) is 0 Å². The van der Waals surface area contributed by atoms with Gasteiger partial charge in [0.15, 0.2) is 8.32 Å². The molecular weight excluding hydrogens is 386 g/mol. The quantitative estimate of drug-likeness (QED) is 0.483. The molecule has 1 unspecified atom stereocenters. The zero-order valence-electron chi connectivity index (χ0n) is 18.6. The number of nitrogens with one attached hydrogen (secondary N) is 1. The Bertz CT molecular complexity index is 780. The predicted molar refractivity (Wildman–Crippen MR) is 124 cm³/mol. The van der Waals surface area contributed by atoms with Crippen molar-refractivity contribution >= 4 is 25.6 Å². The van der Waals surface area contributed by atoms with Crippen LogP contribution in [0.1, 0.15) is 41.5 Å². The van der Waals surface area contributed by atoms with E-state index >= 15 is 0 Å². The van der Waals surface area contributed by atoms with Crippen molar-refractivity contribution in [2.75, 3.05) is 11.9 Å². The Kier molecular flexibility index (Phi) is 7.40. The molecule has 0 aliphatic rings. The summed E-state index contributed by atoms with van der Waals surface area (Å²) in [5.41, 5.74) is 3.06. The molecule has 2 aromatic rings.